The highest BCUT2D eigenvalue weighted by Crippen LogP contribution is 2.21. The molecule has 0 aliphatic heterocycles. The maximum absolute atomic E-state index is 12.2. The lowest BCUT2D eigenvalue weighted by molar-refractivity contribution is -0.138. The first-order valence-corrected chi connectivity index (χ1v) is 8.59. The zero-order chi connectivity index (χ0) is 17.2. The topological polar surface area (TPSA) is 75.6 Å². The van der Waals surface area contributed by atoms with Crippen molar-refractivity contribution in [1.82, 2.24) is 5.32 Å². The molecule has 5 nitrogen and oxygen atoms in total. The van der Waals surface area contributed by atoms with E-state index in [-0.39, 0.29) is 12.3 Å². The summed E-state index contributed by atoms with van der Waals surface area (Å²) in [6.45, 7) is 5.64. The molecule has 1 aromatic carbocycles. The number of amides is 1. The van der Waals surface area contributed by atoms with E-state index in [2.05, 4.69) is 11.9 Å². The van der Waals surface area contributed by atoms with Gasteiger partial charge in [-0.05, 0) is 37.3 Å². The molecule has 0 aromatic heterocycles. The van der Waals surface area contributed by atoms with Gasteiger partial charge < -0.3 is 15.2 Å². The maximum atomic E-state index is 12.2. The molecule has 0 bridgehead atoms. The number of thioether (sulfide) groups is 1. The number of aliphatic carboxylic acids is 1. The van der Waals surface area contributed by atoms with E-state index < -0.39 is 18.1 Å². The lowest BCUT2D eigenvalue weighted by Crippen LogP contribution is -2.38. The van der Waals surface area contributed by atoms with Gasteiger partial charge in [0, 0.05) is 4.90 Å². The Morgan fingerprint density at radius 3 is 2.57 bits per heavy atom. The molecule has 1 aromatic rings. The van der Waals surface area contributed by atoms with Gasteiger partial charge in [-0.2, -0.15) is 0 Å². The van der Waals surface area contributed by atoms with E-state index in [1.54, 1.807) is 24.8 Å². The van der Waals surface area contributed by atoms with Crippen LogP contribution in [0, 0.1) is 0 Å². The third kappa shape index (κ3) is 6.88. The molecular weight excluding hydrogens is 314 g/mol. The van der Waals surface area contributed by atoms with Gasteiger partial charge >= 0.3 is 5.97 Å². The van der Waals surface area contributed by atoms with Crippen LogP contribution >= 0.6 is 11.8 Å². The Morgan fingerprint density at radius 2 is 2.04 bits per heavy atom. The first-order chi connectivity index (χ1) is 11.0. The number of carboxylic acids is 1. The summed E-state index contributed by atoms with van der Waals surface area (Å²) in [4.78, 5) is 24.3. The minimum absolute atomic E-state index is 0.177. The van der Waals surface area contributed by atoms with Gasteiger partial charge in [0.2, 0.25) is 5.91 Å². The largest absolute Gasteiger partial charge is 0.481 e. The number of hydrogen-bond donors (Lipinski definition) is 2. The highest BCUT2D eigenvalue weighted by atomic mass is 32.2. The molecule has 0 fully saturated rings. The fourth-order valence-corrected chi connectivity index (χ4v) is 2.36. The van der Waals surface area contributed by atoms with Crippen LogP contribution in [0.25, 0.3) is 0 Å². The van der Waals surface area contributed by atoms with Crippen molar-refractivity contribution in [1.29, 1.82) is 0 Å². The Bertz CT molecular complexity index is 530. The highest BCUT2D eigenvalue weighted by molar-refractivity contribution is 7.98. The second-order valence-corrected chi connectivity index (χ2v) is 5.90. The average Bonchev–Trinajstić information content (AvgIpc) is 2.54. The van der Waals surface area contributed by atoms with Crippen LogP contribution in [-0.4, -0.2) is 35.9 Å². The van der Waals surface area contributed by atoms with Crippen LogP contribution in [0.5, 0.6) is 0 Å². The van der Waals surface area contributed by atoms with Crippen molar-refractivity contribution in [3.05, 3.63) is 42.5 Å². The van der Waals surface area contributed by atoms with Crippen LogP contribution in [0.1, 0.15) is 31.4 Å². The fraction of sp³-hybridized carbons (Fsp3) is 0.412. The van der Waals surface area contributed by atoms with Crippen molar-refractivity contribution >= 4 is 23.6 Å². The van der Waals surface area contributed by atoms with Crippen molar-refractivity contribution in [3.63, 3.8) is 0 Å². The molecule has 23 heavy (non-hydrogen) atoms. The Kier molecular flexibility index (Phi) is 8.43. The SMILES string of the molecule is C=CCCOC(C)C(=O)NC(CC(=O)O)c1ccc(SC)cc1. The number of rotatable bonds is 10. The Balaban J connectivity index is 2.75. The van der Waals surface area contributed by atoms with E-state index in [1.807, 2.05) is 30.5 Å². The first kappa shape index (κ1) is 19.3. The van der Waals surface area contributed by atoms with Gasteiger partial charge in [-0.3, -0.25) is 9.59 Å². The summed E-state index contributed by atoms with van der Waals surface area (Å²) in [5.74, 6) is -1.29. The monoisotopic (exact) mass is 337 g/mol. The number of nitrogens with one attached hydrogen (secondary N) is 1. The van der Waals surface area contributed by atoms with Gasteiger partial charge in [-0.25, -0.2) is 0 Å². The minimum atomic E-state index is -0.968. The van der Waals surface area contributed by atoms with E-state index in [9.17, 15) is 9.59 Å². The molecule has 2 unspecified atom stereocenters. The van der Waals surface area contributed by atoms with Gasteiger partial charge in [0.25, 0.3) is 0 Å². The van der Waals surface area contributed by atoms with Crippen LogP contribution in [0.2, 0.25) is 0 Å². The predicted octanol–water partition coefficient (Wildman–Crippen LogP) is 3.02. The third-order valence-electron chi connectivity index (χ3n) is 3.27. The minimum Gasteiger partial charge on any atom is -0.481 e. The molecule has 1 rings (SSSR count). The summed E-state index contributed by atoms with van der Waals surface area (Å²) in [5.41, 5.74) is 0.761. The van der Waals surface area contributed by atoms with Crippen molar-refractivity contribution in [2.45, 2.75) is 36.8 Å². The third-order valence-corrected chi connectivity index (χ3v) is 4.02. The molecule has 0 aliphatic rings. The van der Waals surface area contributed by atoms with Crippen LogP contribution in [0.4, 0.5) is 0 Å². The van der Waals surface area contributed by atoms with Gasteiger partial charge in [0.15, 0.2) is 0 Å². The normalized spacial score (nSPS) is 13.1. The van der Waals surface area contributed by atoms with Crippen molar-refractivity contribution < 1.29 is 19.4 Å². The van der Waals surface area contributed by atoms with Crippen molar-refractivity contribution in [2.24, 2.45) is 0 Å². The molecule has 1 amide bonds. The van der Waals surface area contributed by atoms with E-state index in [4.69, 9.17) is 9.84 Å². The Hall–Kier alpha value is -1.79. The van der Waals surface area contributed by atoms with E-state index in [0.29, 0.717) is 13.0 Å². The molecule has 6 heteroatoms. The molecule has 0 aliphatic carbocycles. The summed E-state index contributed by atoms with van der Waals surface area (Å²) < 4.78 is 5.39. The smallest absolute Gasteiger partial charge is 0.305 e. The Labute approximate surface area is 141 Å². The number of ether oxygens (including phenoxy) is 1. The van der Waals surface area contributed by atoms with E-state index in [1.165, 1.54) is 0 Å². The lowest BCUT2D eigenvalue weighted by atomic mass is 10.0. The highest BCUT2D eigenvalue weighted by Gasteiger charge is 2.21. The summed E-state index contributed by atoms with van der Waals surface area (Å²) in [6.07, 6.45) is 3.52. The van der Waals surface area contributed by atoms with E-state index in [0.717, 1.165) is 10.5 Å². The second-order valence-electron chi connectivity index (χ2n) is 5.02. The van der Waals surface area contributed by atoms with Crippen molar-refractivity contribution in [3.8, 4) is 0 Å². The summed E-state index contributed by atoms with van der Waals surface area (Å²) in [5, 5.41) is 11.8. The van der Waals surface area contributed by atoms with Gasteiger partial charge in [0.05, 0.1) is 19.1 Å². The maximum Gasteiger partial charge on any atom is 0.305 e. The molecule has 126 valence electrons. The summed E-state index contributed by atoms with van der Waals surface area (Å²) in [7, 11) is 0. The number of hydrogen-bond acceptors (Lipinski definition) is 4. The summed E-state index contributed by atoms with van der Waals surface area (Å²) in [6, 6.07) is 6.91. The number of benzene rings is 1. The molecule has 2 atom stereocenters. The van der Waals surface area contributed by atoms with Crippen LogP contribution in [0.15, 0.2) is 41.8 Å². The van der Waals surface area contributed by atoms with Crippen molar-refractivity contribution in [2.75, 3.05) is 12.9 Å². The van der Waals surface area contributed by atoms with Gasteiger partial charge in [-0.15, -0.1) is 18.3 Å². The zero-order valence-electron chi connectivity index (χ0n) is 13.5. The molecule has 2 N–H and O–H groups in total. The number of carbonyl (C=O) groups excluding carboxylic acids is 1. The number of carboxylic acid groups (broad SMARTS) is 1. The fourth-order valence-electron chi connectivity index (χ4n) is 1.96. The van der Waals surface area contributed by atoms with E-state index >= 15 is 0 Å². The average molecular weight is 337 g/mol. The van der Waals surface area contributed by atoms with Gasteiger partial charge in [0.1, 0.15) is 6.10 Å². The zero-order valence-corrected chi connectivity index (χ0v) is 14.3. The number of carbonyl (C=O) groups is 2. The molecule has 0 spiro atoms. The van der Waals surface area contributed by atoms with Crippen LogP contribution in [0.3, 0.4) is 0 Å². The molecular formula is C17H23NO4S. The molecule has 0 saturated heterocycles. The second kappa shape index (κ2) is 10.1. The Morgan fingerprint density at radius 1 is 1.39 bits per heavy atom. The molecule has 0 heterocycles. The van der Waals surface area contributed by atoms with Gasteiger partial charge in [-0.1, -0.05) is 18.2 Å². The standard InChI is InChI=1S/C17H23NO4S/c1-4-5-10-22-12(2)17(21)18-15(11-16(19)20)13-6-8-14(23-3)9-7-13/h4,6-9,12,15H,1,5,10-11H2,2-3H3,(H,18,21)(H,19,20). The molecule has 0 radical (unpaired) electrons. The predicted molar refractivity (Wildman–Crippen MR) is 91.6 cm³/mol. The lowest BCUT2D eigenvalue weighted by Gasteiger charge is -2.20. The summed E-state index contributed by atoms with van der Waals surface area (Å²) >= 11 is 1.60. The first-order valence-electron chi connectivity index (χ1n) is 7.36. The van der Waals surface area contributed by atoms with Crippen LogP contribution < -0.4 is 5.32 Å². The quantitative estimate of drug-likeness (QED) is 0.390. The molecule has 0 saturated carbocycles. The van der Waals surface area contributed by atoms with Crippen LogP contribution in [-0.2, 0) is 14.3 Å².